The van der Waals surface area contributed by atoms with Crippen molar-refractivity contribution in [3.8, 4) is 0 Å². The van der Waals surface area contributed by atoms with Gasteiger partial charge in [-0.25, -0.2) is 4.68 Å². The Hall–Kier alpha value is -1.03. The van der Waals surface area contributed by atoms with Crippen LogP contribution in [0.25, 0.3) is 0 Å². The van der Waals surface area contributed by atoms with Gasteiger partial charge in [0.1, 0.15) is 11.4 Å². The zero-order valence-electron chi connectivity index (χ0n) is 28.5. The Balaban J connectivity index is 1.76. The molecule has 6 nitrogen and oxygen atoms in total. The Morgan fingerprint density at radius 1 is 0.622 bits per heavy atom. The van der Waals surface area contributed by atoms with Gasteiger partial charge in [0.15, 0.2) is 0 Å². The van der Waals surface area contributed by atoms with E-state index in [-0.39, 0.29) is 5.69 Å². The molecule has 0 amide bonds. The van der Waals surface area contributed by atoms with Crippen LogP contribution in [0.5, 0.6) is 0 Å². The monoisotopic (exact) mass is 681 g/mol. The summed E-state index contributed by atoms with van der Waals surface area (Å²) < 4.78 is 33.3. The zero-order chi connectivity index (χ0) is 32.4. The van der Waals surface area contributed by atoms with Gasteiger partial charge in [-0.1, -0.05) is 153 Å². The van der Waals surface area contributed by atoms with Gasteiger partial charge in [-0.15, -0.1) is 5.10 Å². The minimum absolute atomic E-state index is 0.257. The van der Waals surface area contributed by atoms with Crippen LogP contribution in [0.3, 0.4) is 0 Å². The first-order chi connectivity index (χ1) is 21.9. The largest absolute Gasteiger partial charge is 0.285 e. The molecule has 0 radical (unpaired) electrons. The Kier molecular flexibility index (Phi) is 23.2. The first-order valence-corrected chi connectivity index (χ1v) is 21.9. The highest BCUT2D eigenvalue weighted by Gasteiger charge is 2.11. The quantitative estimate of drug-likeness (QED) is 0.0648. The van der Waals surface area contributed by atoms with E-state index in [2.05, 4.69) is 42.4 Å². The van der Waals surface area contributed by atoms with Gasteiger partial charge in [0, 0.05) is 17.7 Å². The molecule has 1 heterocycles. The Morgan fingerprint density at radius 2 is 1.02 bits per heavy atom. The van der Waals surface area contributed by atoms with Crippen LogP contribution < -0.4 is 0 Å². The summed E-state index contributed by atoms with van der Waals surface area (Å²) in [6, 6.07) is 6.88. The topological polar surface area (TPSA) is 85.1 Å². The summed E-state index contributed by atoms with van der Waals surface area (Å²) in [6.07, 6.45) is 29.0. The summed E-state index contributed by atoms with van der Waals surface area (Å²) >= 11 is 4.06. The number of aromatic nitrogens is 3. The van der Waals surface area contributed by atoms with Crippen LogP contribution in [0.4, 0.5) is 0 Å². The number of benzene rings is 1. The van der Waals surface area contributed by atoms with Gasteiger partial charge in [-0.05, 0) is 41.0 Å². The predicted molar refractivity (Wildman–Crippen MR) is 197 cm³/mol. The fraction of sp³-hybridized carbons (Fsp3) is 0.778. The van der Waals surface area contributed by atoms with Gasteiger partial charge < -0.3 is 0 Å². The zero-order valence-corrected chi connectivity index (χ0v) is 31.0. The predicted octanol–water partition coefficient (Wildman–Crippen LogP) is 11.0. The van der Waals surface area contributed by atoms with E-state index in [1.54, 1.807) is 10.9 Å². The molecule has 0 bridgehead atoms. The lowest BCUT2D eigenvalue weighted by atomic mass is 10.1. The molecular formula is C36H63N3O3S3. The van der Waals surface area contributed by atoms with E-state index in [9.17, 15) is 8.42 Å². The molecule has 2 rings (SSSR count). The molecule has 9 heteroatoms. The van der Waals surface area contributed by atoms with Gasteiger partial charge in [0.25, 0.3) is 10.1 Å². The summed E-state index contributed by atoms with van der Waals surface area (Å²) in [5.41, 5.74) is 4.10. The number of rotatable bonds is 30. The normalized spacial score (nSPS) is 11.9. The Labute approximate surface area is 284 Å². The van der Waals surface area contributed by atoms with Crippen LogP contribution in [0.15, 0.2) is 24.4 Å². The molecule has 1 aromatic carbocycles. The Bertz CT molecular complexity index is 1060. The van der Waals surface area contributed by atoms with E-state index < -0.39 is 15.9 Å². The number of hydrogen-bond acceptors (Lipinski definition) is 6. The summed E-state index contributed by atoms with van der Waals surface area (Å²) in [6.45, 7) is 5.09. The highest BCUT2D eigenvalue weighted by molar-refractivity contribution is 7.98. The lowest BCUT2D eigenvalue weighted by Crippen LogP contribution is -2.03. The van der Waals surface area contributed by atoms with Crippen LogP contribution in [0, 0.1) is 0 Å². The number of thioether (sulfide) groups is 2. The van der Waals surface area contributed by atoms with E-state index >= 15 is 0 Å². The van der Waals surface area contributed by atoms with Crippen molar-refractivity contribution in [2.75, 3.05) is 11.5 Å². The summed E-state index contributed by atoms with van der Waals surface area (Å²) in [4.78, 5) is 0. The second-order valence-corrected chi connectivity index (χ2v) is 16.4. The fourth-order valence-corrected chi connectivity index (χ4v) is 8.13. The SMILES string of the molecule is CCCCCCCCCCCCSCc1cc(CSCCCCCCCCCCCC)cc(Cn2cc(CS(=O)(=O)O)nn2)c1. The lowest BCUT2D eigenvalue weighted by Gasteiger charge is -2.11. The molecule has 0 unspecified atom stereocenters. The summed E-state index contributed by atoms with van der Waals surface area (Å²) in [5, 5.41) is 8.04. The van der Waals surface area contributed by atoms with Crippen molar-refractivity contribution >= 4 is 33.6 Å². The van der Waals surface area contributed by atoms with Crippen molar-refractivity contribution in [1.29, 1.82) is 0 Å². The van der Waals surface area contributed by atoms with Gasteiger partial charge in [-0.3, -0.25) is 4.55 Å². The van der Waals surface area contributed by atoms with E-state index in [0.717, 1.165) is 17.1 Å². The van der Waals surface area contributed by atoms with Crippen molar-refractivity contribution in [2.45, 2.75) is 166 Å². The second kappa shape index (κ2) is 26.0. The van der Waals surface area contributed by atoms with E-state index in [4.69, 9.17) is 4.55 Å². The van der Waals surface area contributed by atoms with Crippen molar-refractivity contribution < 1.29 is 13.0 Å². The smallest absolute Gasteiger partial charge is 0.270 e. The average molecular weight is 682 g/mol. The number of unbranched alkanes of at least 4 members (excludes halogenated alkanes) is 18. The minimum Gasteiger partial charge on any atom is -0.285 e. The third-order valence-corrected chi connectivity index (χ3v) is 11.1. The van der Waals surface area contributed by atoms with Crippen molar-refractivity contribution in [3.05, 3.63) is 46.8 Å². The number of hydrogen-bond donors (Lipinski definition) is 1. The van der Waals surface area contributed by atoms with Crippen LogP contribution in [0.1, 0.15) is 165 Å². The molecule has 1 aromatic heterocycles. The van der Waals surface area contributed by atoms with E-state index in [0.29, 0.717) is 6.54 Å². The third kappa shape index (κ3) is 22.2. The fourth-order valence-electron chi connectivity index (χ4n) is 5.72. The van der Waals surface area contributed by atoms with Crippen LogP contribution in [-0.4, -0.2) is 39.5 Å². The first kappa shape index (κ1) is 40.1. The maximum Gasteiger partial charge on any atom is 0.270 e. The first-order valence-electron chi connectivity index (χ1n) is 18.0. The van der Waals surface area contributed by atoms with Crippen molar-refractivity contribution in [2.24, 2.45) is 0 Å². The second-order valence-electron chi connectivity index (χ2n) is 12.8. The molecule has 2 aromatic rings. The highest BCUT2D eigenvalue weighted by Crippen LogP contribution is 2.23. The molecule has 1 N–H and O–H groups in total. The highest BCUT2D eigenvalue weighted by atomic mass is 32.2. The molecule has 0 atom stereocenters. The number of nitrogens with zero attached hydrogens (tertiary/aromatic N) is 3. The third-order valence-electron chi connectivity index (χ3n) is 8.20. The molecule has 0 spiro atoms. The molecule has 258 valence electrons. The van der Waals surface area contributed by atoms with Gasteiger partial charge in [0.05, 0.1) is 6.54 Å². The Morgan fingerprint density at radius 3 is 1.44 bits per heavy atom. The molecule has 0 saturated carbocycles. The van der Waals surface area contributed by atoms with Crippen molar-refractivity contribution in [3.63, 3.8) is 0 Å². The minimum atomic E-state index is -4.12. The standard InChI is InChI=1S/C36H63N3O3S3/c1-3-5-7-9-11-13-15-17-19-21-23-43-30-34-25-33(28-39-29-36(37-38-39)32-45(40,41)42)26-35(27-34)31-44-24-22-20-18-16-14-12-10-8-6-4-2/h25-27,29H,3-24,28,30-32H2,1-2H3,(H,40,41,42). The molecule has 0 fully saturated rings. The van der Waals surface area contributed by atoms with Crippen molar-refractivity contribution in [1.82, 2.24) is 15.0 Å². The van der Waals surface area contributed by atoms with E-state index in [1.807, 2.05) is 23.5 Å². The summed E-state index contributed by atoms with van der Waals surface area (Å²) in [5.74, 6) is 3.90. The average Bonchev–Trinajstić information content (AvgIpc) is 3.43. The van der Waals surface area contributed by atoms with Crippen LogP contribution >= 0.6 is 23.5 Å². The van der Waals surface area contributed by atoms with Crippen LogP contribution in [0.2, 0.25) is 0 Å². The molecule has 0 aliphatic carbocycles. The molecule has 0 aliphatic heterocycles. The maximum absolute atomic E-state index is 11.2. The van der Waals surface area contributed by atoms with Crippen LogP contribution in [-0.2, 0) is 33.9 Å². The molecule has 0 aliphatic rings. The molecular weight excluding hydrogens is 619 g/mol. The van der Waals surface area contributed by atoms with Gasteiger partial charge >= 0.3 is 0 Å². The molecule has 45 heavy (non-hydrogen) atoms. The summed E-state index contributed by atoms with van der Waals surface area (Å²) in [7, 11) is -4.12. The maximum atomic E-state index is 11.2. The van der Waals surface area contributed by atoms with E-state index in [1.165, 1.54) is 151 Å². The molecule has 0 saturated heterocycles. The van der Waals surface area contributed by atoms with Gasteiger partial charge in [0.2, 0.25) is 0 Å². The lowest BCUT2D eigenvalue weighted by molar-refractivity contribution is 0.481. The van der Waals surface area contributed by atoms with Gasteiger partial charge in [-0.2, -0.15) is 31.9 Å².